The summed E-state index contributed by atoms with van der Waals surface area (Å²) in [6.07, 6.45) is 2.44. The van der Waals surface area contributed by atoms with E-state index >= 15 is 0 Å². The van der Waals surface area contributed by atoms with Gasteiger partial charge in [0.05, 0.1) is 11.9 Å². The number of fused-ring (bicyclic) bond motifs is 1. The van der Waals surface area contributed by atoms with Gasteiger partial charge in [-0.15, -0.1) is 0 Å². The van der Waals surface area contributed by atoms with Crippen LogP contribution in [0.25, 0.3) is 0 Å². The van der Waals surface area contributed by atoms with Gasteiger partial charge in [0.15, 0.2) is 0 Å². The van der Waals surface area contributed by atoms with Crippen LogP contribution < -0.4 is 4.72 Å². The number of aliphatic hydroxyl groups is 1. The number of sulfonamides is 1. The highest BCUT2D eigenvalue weighted by atomic mass is 32.2. The molecule has 0 saturated heterocycles. The van der Waals surface area contributed by atoms with Gasteiger partial charge in [-0.3, -0.25) is 0 Å². The van der Waals surface area contributed by atoms with Crippen molar-refractivity contribution in [3.8, 4) is 0 Å². The van der Waals surface area contributed by atoms with Crippen LogP contribution >= 0.6 is 0 Å². The van der Waals surface area contributed by atoms with Gasteiger partial charge in [-0.1, -0.05) is 24.3 Å². The van der Waals surface area contributed by atoms with Gasteiger partial charge in [0, 0.05) is 6.04 Å². The summed E-state index contributed by atoms with van der Waals surface area (Å²) in [7, 11) is -3.41. The monoisotopic (exact) mass is 269 g/mol. The van der Waals surface area contributed by atoms with E-state index in [2.05, 4.69) is 10.8 Å². The van der Waals surface area contributed by atoms with Crippen molar-refractivity contribution in [2.24, 2.45) is 0 Å². The minimum absolute atomic E-state index is 0.0566. The van der Waals surface area contributed by atoms with Crippen LogP contribution in [-0.2, 0) is 22.9 Å². The van der Waals surface area contributed by atoms with Crippen molar-refractivity contribution >= 4 is 10.0 Å². The number of hydrogen-bond acceptors (Lipinski definition) is 3. The van der Waals surface area contributed by atoms with E-state index < -0.39 is 15.3 Å². The predicted octanol–water partition coefficient (Wildman–Crippen LogP) is 0.844. The van der Waals surface area contributed by atoms with Crippen molar-refractivity contribution in [3.05, 3.63) is 35.4 Å². The lowest BCUT2D eigenvalue weighted by Crippen LogP contribution is -2.43. The lowest BCUT2D eigenvalue weighted by atomic mass is 9.89. The smallest absolute Gasteiger partial charge is 0.216 e. The second-order valence-electron chi connectivity index (χ2n) is 4.86. The Bertz CT molecular complexity index is 513. The molecule has 100 valence electrons. The first-order chi connectivity index (χ1) is 8.53. The van der Waals surface area contributed by atoms with Crippen molar-refractivity contribution in [1.82, 2.24) is 4.72 Å². The van der Waals surface area contributed by atoms with E-state index in [1.54, 1.807) is 0 Å². The molecule has 0 bridgehead atoms. The molecule has 1 aliphatic carbocycles. The molecule has 0 spiro atoms. The summed E-state index contributed by atoms with van der Waals surface area (Å²) < 4.78 is 26.4. The quantitative estimate of drug-likeness (QED) is 0.851. The van der Waals surface area contributed by atoms with Crippen molar-refractivity contribution in [1.29, 1.82) is 0 Å². The first-order valence-corrected chi connectivity index (χ1v) is 7.76. The normalized spacial score (nSPS) is 21.3. The number of aryl methyl sites for hydroxylation is 1. The third kappa shape index (κ3) is 2.91. The van der Waals surface area contributed by atoms with E-state index in [9.17, 15) is 8.42 Å². The van der Waals surface area contributed by atoms with Gasteiger partial charge in [0.25, 0.3) is 0 Å². The fourth-order valence-electron chi connectivity index (χ4n) is 2.24. The van der Waals surface area contributed by atoms with Crippen LogP contribution in [0.1, 0.15) is 24.5 Å². The molecule has 1 aromatic carbocycles. The Morgan fingerprint density at radius 2 is 2.06 bits per heavy atom. The number of hydrogen-bond donors (Lipinski definition) is 2. The first-order valence-electron chi connectivity index (χ1n) is 6.21. The summed E-state index contributed by atoms with van der Waals surface area (Å²) in [5.74, 6) is 0. The molecule has 2 unspecified atom stereocenters. The van der Waals surface area contributed by atoms with Crippen molar-refractivity contribution < 1.29 is 13.5 Å². The van der Waals surface area contributed by atoms with E-state index in [4.69, 9.17) is 5.11 Å². The molecule has 1 aliphatic rings. The standard InChI is InChI=1S/C13H19NO3S/c1-10(9-15)18(16,17)14-13-7-6-11-4-2-3-5-12(11)8-13/h2-5,10,13-15H,6-9H2,1H3. The van der Waals surface area contributed by atoms with Gasteiger partial charge >= 0.3 is 0 Å². The van der Waals surface area contributed by atoms with Crippen LogP contribution in [0.15, 0.2) is 24.3 Å². The average Bonchev–Trinajstić information content (AvgIpc) is 2.37. The predicted molar refractivity (Wildman–Crippen MR) is 70.9 cm³/mol. The van der Waals surface area contributed by atoms with Crippen LogP contribution in [-0.4, -0.2) is 31.4 Å². The highest BCUT2D eigenvalue weighted by Crippen LogP contribution is 2.21. The fourth-order valence-corrected chi connectivity index (χ4v) is 3.34. The zero-order chi connectivity index (χ0) is 13.2. The maximum atomic E-state index is 11.9. The Kier molecular flexibility index (Phi) is 4.04. The Hall–Kier alpha value is -0.910. The second kappa shape index (κ2) is 5.38. The maximum absolute atomic E-state index is 11.9. The molecule has 0 amide bonds. The van der Waals surface area contributed by atoms with E-state index in [0.717, 1.165) is 19.3 Å². The molecule has 2 N–H and O–H groups in total. The summed E-state index contributed by atoms with van der Waals surface area (Å²) in [6.45, 7) is 1.16. The zero-order valence-corrected chi connectivity index (χ0v) is 11.3. The van der Waals surface area contributed by atoms with Crippen LogP contribution in [0.4, 0.5) is 0 Å². The summed E-state index contributed by atoms with van der Waals surface area (Å²) in [6, 6.07) is 8.07. The molecular weight excluding hydrogens is 250 g/mol. The van der Waals surface area contributed by atoms with Gasteiger partial charge in [0.1, 0.15) is 0 Å². The van der Waals surface area contributed by atoms with Crippen LogP contribution in [0.2, 0.25) is 0 Å². The topological polar surface area (TPSA) is 66.4 Å². The van der Waals surface area contributed by atoms with Crippen molar-refractivity contribution in [2.75, 3.05) is 6.61 Å². The molecule has 4 nitrogen and oxygen atoms in total. The third-order valence-corrected chi connectivity index (χ3v) is 5.33. The fraction of sp³-hybridized carbons (Fsp3) is 0.538. The van der Waals surface area contributed by atoms with E-state index in [1.807, 2.05) is 18.2 Å². The van der Waals surface area contributed by atoms with E-state index in [0.29, 0.717) is 0 Å². The Labute approximate surface area is 108 Å². The highest BCUT2D eigenvalue weighted by Gasteiger charge is 2.26. The zero-order valence-electron chi connectivity index (χ0n) is 10.5. The molecule has 2 atom stereocenters. The van der Waals surface area contributed by atoms with Crippen LogP contribution in [0.3, 0.4) is 0 Å². The molecule has 1 aromatic rings. The molecule has 2 rings (SSSR count). The molecule has 0 aliphatic heterocycles. The van der Waals surface area contributed by atoms with Crippen LogP contribution in [0, 0.1) is 0 Å². The minimum atomic E-state index is -3.41. The SMILES string of the molecule is CC(CO)S(=O)(=O)NC1CCc2ccccc2C1. The molecule has 0 radical (unpaired) electrons. The number of aliphatic hydroxyl groups excluding tert-OH is 1. The molecule has 0 saturated carbocycles. The average molecular weight is 269 g/mol. The van der Waals surface area contributed by atoms with Crippen molar-refractivity contribution in [3.63, 3.8) is 0 Å². The van der Waals surface area contributed by atoms with Gasteiger partial charge in [-0.2, -0.15) is 0 Å². The summed E-state index contributed by atoms with van der Waals surface area (Å²) in [5.41, 5.74) is 2.52. The third-order valence-electron chi connectivity index (χ3n) is 3.46. The molecule has 5 heteroatoms. The lowest BCUT2D eigenvalue weighted by molar-refractivity contribution is 0.294. The molecule has 0 fully saturated rings. The van der Waals surface area contributed by atoms with Gasteiger partial charge in [-0.05, 0) is 37.3 Å². The largest absolute Gasteiger partial charge is 0.395 e. The van der Waals surface area contributed by atoms with Gasteiger partial charge < -0.3 is 5.11 Å². The Morgan fingerprint density at radius 1 is 1.39 bits per heavy atom. The molecule has 0 heterocycles. The minimum Gasteiger partial charge on any atom is -0.395 e. The maximum Gasteiger partial charge on any atom is 0.216 e. The number of rotatable bonds is 4. The first kappa shape index (κ1) is 13.5. The molecule has 18 heavy (non-hydrogen) atoms. The van der Waals surface area contributed by atoms with Crippen molar-refractivity contribution in [2.45, 2.75) is 37.5 Å². The summed E-state index contributed by atoms with van der Waals surface area (Å²) >= 11 is 0. The van der Waals surface area contributed by atoms with Crippen LogP contribution in [0.5, 0.6) is 0 Å². The number of benzene rings is 1. The van der Waals surface area contributed by atoms with Gasteiger partial charge in [-0.25, -0.2) is 13.1 Å². The Balaban J connectivity index is 2.06. The lowest BCUT2D eigenvalue weighted by Gasteiger charge is -2.26. The van der Waals surface area contributed by atoms with E-state index in [-0.39, 0.29) is 12.6 Å². The molecular formula is C13H19NO3S. The Morgan fingerprint density at radius 3 is 2.72 bits per heavy atom. The van der Waals surface area contributed by atoms with E-state index in [1.165, 1.54) is 18.1 Å². The second-order valence-corrected chi connectivity index (χ2v) is 6.99. The summed E-state index contributed by atoms with van der Waals surface area (Å²) in [4.78, 5) is 0. The molecule has 0 aromatic heterocycles. The highest BCUT2D eigenvalue weighted by molar-refractivity contribution is 7.90. The number of nitrogens with one attached hydrogen (secondary N) is 1. The summed E-state index contributed by atoms with van der Waals surface area (Å²) in [5, 5.41) is 8.18. The van der Waals surface area contributed by atoms with Gasteiger partial charge in [0.2, 0.25) is 10.0 Å².